The van der Waals surface area contributed by atoms with Crippen molar-refractivity contribution >= 4 is 18.0 Å². The molecule has 1 aromatic carbocycles. The van der Waals surface area contributed by atoms with E-state index in [2.05, 4.69) is 11.9 Å². The fourth-order valence-electron chi connectivity index (χ4n) is 2.43. The van der Waals surface area contributed by atoms with Crippen molar-refractivity contribution in [3.05, 3.63) is 48.6 Å². The molecule has 0 unspecified atom stereocenters. The van der Waals surface area contributed by atoms with E-state index in [1.165, 1.54) is 6.08 Å². The second kappa shape index (κ2) is 9.58. The maximum atomic E-state index is 12.1. The largest absolute Gasteiger partial charge is 0.445 e. The van der Waals surface area contributed by atoms with Gasteiger partial charge >= 0.3 is 18.0 Å². The number of hydrogen-bond donors (Lipinski definition) is 1. The van der Waals surface area contributed by atoms with Crippen LogP contribution < -0.4 is 5.32 Å². The molecule has 1 fully saturated rings. The molecule has 0 aromatic heterocycles. The maximum absolute atomic E-state index is 12.1. The van der Waals surface area contributed by atoms with Gasteiger partial charge in [0.25, 0.3) is 0 Å². The minimum absolute atomic E-state index is 0.0906. The van der Waals surface area contributed by atoms with Crippen molar-refractivity contribution < 1.29 is 23.9 Å². The van der Waals surface area contributed by atoms with Gasteiger partial charge in [0, 0.05) is 6.54 Å². The molecule has 1 atom stereocenters. The van der Waals surface area contributed by atoms with Crippen molar-refractivity contribution in [2.75, 3.05) is 19.6 Å². The van der Waals surface area contributed by atoms with Gasteiger partial charge in [-0.15, -0.1) is 6.58 Å². The van der Waals surface area contributed by atoms with Crippen LogP contribution in [0.5, 0.6) is 0 Å². The number of carbonyl (C=O) groups excluding carboxylic acids is 3. The van der Waals surface area contributed by atoms with E-state index in [1.807, 2.05) is 30.3 Å². The van der Waals surface area contributed by atoms with Gasteiger partial charge in [0.1, 0.15) is 19.2 Å². The van der Waals surface area contributed by atoms with E-state index in [9.17, 15) is 14.4 Å². The number of benzene rings is 1. The topological polar surface area (TPSA) is 84.9 Å². The van der Waals surface area contributed by atoms with Gasteiger partial charge in [-0.05, 0) is 24.9 Å². The Labute approximate surface area is 146 Å². The summed E-state index contributed by atoms with van der Waals surface area (Å²) in [6, 6.07) is 8.73. The number of amides is 1. The lowest BCUT2D eigenvalue weighted by atomic mass is 10.2. The second-order valence-corrected chi connectivity index (χ2v) is 5.65. The molecule has 0 radical (unpaired) electrons. The summed E-state index contributed by atoms with van der Waals surface area (Å²) in [6.45, 7) is 4.10. The second-order valence-electron chi connectivity index (χ2n) is 5.65. The van der Waals surface area contributed by atoms with Gasteiger partial charge < -0.3 is 14.8 Å². The molecule has 1 heterocycles. The third-order valence-electron chi connectivity index (χ3n) is 3.69. The van der Waals surface area contributed by atoms with Gasteiger partial charge in [0.2, 0.25) is 0 Å². The van der Waals surface area contributed by atoms with Crippen LogP contribution in [0.2, 0.25) is 0 Å². The molecule has 1 N–H and O–H groups in total. The van der Waals surface area contributed by atoms with Crippen LogP contribution in [0.4, 0.5) is 4.79 Å². The number of nitrogens with zero attached hydrogens (tertiary/aromatic N) is 1. The van der Waals surface area contributed by atoms with Crippen LogP contribution in [0, 0.1) is 0 Å². The standard InChI is InChI=1S/C18H22N2O5/c1-2-11-20(18(23)24-13-14-7-4-3-5-8-14)12-16(21)25-17(22)15-9-6-10-19-15/h2-5,7-8,15,19H,1,6,9-13H2/t15-/m0/s1. The van der Waals surface area contributed by atoms with Crippen LogP contribution in [0.15, 0.2) is 43.0 Å². The van der Waals surface area contributed by atoms with Crippen LogP contribution >= 0.6 is 0 Å². The lowest BCUT2D eigenvalue weighted by Crippen LogP contribution is -2.40. The summed E-state index contributed by atoms with van der Waals surface area (Å²) in [7, 11) is 0. The predicted octanol–water partition coefficient (Wildman–Crippen LogP) is 1.63. The van der Waals surface area contributed by atoms with E-state index in [4.69, 9.17) is 9.47 Å². The van der Waals surface area contributed by atoms with Crippen molar-refractivity contribution in [1.29, 1.82) is 0 Å². The highest BCUT2D eigenvalue weighted by atomic mass is 16.6. The van der Waals surface area contributed by atoms with Crippen LogP contribution in [0.3, 0.4) is 0 Å². The van der Waals surface area contributed by atoms with E-state index in [0.717, 1.165) is 23.4 Å². The van der Waals surface area contributed by atoms with Crippen LogP contribution in [-0.2, 0) is 25.7 Å². The van der Waals surface area contributed by atoms with Gasteiger partial charge in [-0.25, -0.2) is 14.4 Å². The zero-order valence-electron chi connectivity index (χ0n) is 14.0. The Bertz CT molecular complexity index is 611. The van der Waals surface area contributed by atoms with E-state index in [-0.39, 0.29) is 19.7 Å². The molecular weight excluding hydrogens is 324 g/mol. The average molecular weight is 346 g/mol. The maximum Gasteiger partial charge on any atom is 0.410 e. The summed E-state index contributed by atoms with van der Waals surface area (Å²) in [5.74, 6) is -1.41. The molecular formula is C18H22N2O5. The molecule has 0 saturated carbocycles. The van der Waals surface area contributed by atoms with Gasteiger partial charge in [-0.3, -0.25) is 4.90 Å². The predicted molar refractivity (Wildman–Crippen MR) is 90.5 cm³/mol. The summed E-state index contributed by atoms with van der Waals surface area (Å²) in [4.78, 5) is 37.0. The molecule has 1 aliphatic rings. The Morgan fingerprint density at radius 2 is 2.04 bits per heavy atom. The minimum atomic E-state index is -0.794. The lowest BCUT2D eigenvalue weighted by Gasteiger charge is -2.19. The van der Waals surface area contributed by atoms with Crippen molar-refractivity contribution in [1.82, 2.24) is 10.2 Å². The van der Waals surface area contributed by atoms with E-state index in [0.29, 0.717) is 6.42 Å². The molecule has 0 bridgehead atoms. The Kier molecular flexibility index (Phi) is 7.16. The number of carbonyl (C=O) groups is 3. The summed E-state index contributed by atoms with van der Waals surface area (Å²) >= 11 is 0. The monoisotopic (exact) mass is 346 g/mol. The van der Waals surface area contributed by atoms with Gasteiger partial charge in [-0.2, -0.15) is 0 Å². The van der Waals surface area contributed by atoms with Crippen molar-refractivity contribution in [2.24, 2.45) is 0 Å². The van der Waals surface area contributed by atoms with E-state index in [1.54, 1.807) is 0 Å². The number of rotatable bonds is 7. The number of ether oxygens (including phenoxy) is 2. The molecule has 134 valence electrons. The highest BCUT2D eigenvalue weighted by molar-refractivity contribution is 5.90. The summed E-state index contributed by atoms with van der Waals surface area (Å²) in [6.07, 6.45) is 2.30. The third kappa shape index (κ3) is 6.04. The molecule has 1 saturated heterocycles. The first-order chi connectivity index (χ1) is 12.1. The van der Waals surface area contributed by atoms with E-state index < -0.39 is 24.1 Å². The van der Waals surface area contributed by atoms with Crippen LogP contribution in [0.1, 0.15) is 18.4 Å². The minimum Gasteiger partial charge on any atom is -0.445 e. The normalized spacial score (nSPS) is 16.1. The molecule has 0 spiro atoms. The molecule has 1 amide bonds. The fraction of sp³-hybridized carbons (Fsp3) is 0.389. The smallest absolute Gasteiger partial charge is 0.410 e. The molecule has 7 nitrogen and oxygen atoms in total. The number of hydrogen-bond acceptors (Lipinski definition) is 6. The Balaban J connectivity index is 1.83. The number of esters is 2. The van der Waals surface area contributed by atoms with Crippen molar-refractivity contribution in [3.8, 4) is 0 Å². The van der Waals surface area contributed by atoms with Crippen LogP contribution in [-0.4, -0.2) is 48.6 Å². The quantitative estimate of drug-likeness (QED) is 0.459. The number of nitrogens with one attached hydrogen (secondary N) is 1. The summed E-state index contributed by atoms with van der Waals surface area (Å²) < 4.78 is 9.98. The Hall–Kier alpha value is -2.67. The molecule has 1 aromatic rings. The molecule has 25 heavy (non-hydrogen) atoms. The third-order valence-corrected chi connectivity index (χ3v) is 3.69. The van der Waals surface area contributed by atoms with Crippen molar-refractivity contribution in [2.45, 2.75) is 25.5 Å². The van der Waals surface area contributed by atoms with Gasteiger partial charge in [0.15, 0.2) is 0 Å². The summed E-state index contributed by atoms with van der Waals surface area (Å²) in [5, 5.41) is 2.95. The zero-order chi connectivity index (χ0) is 18.1. The van der Waals surface area contributed by atoms with Gasteiger partial charge in [0.05, 0.1) is 0 Å². The molecule has 7 heteroatoms. The first-order valence-corrected chi connectivity index (χ1v) is 8.14. The highest BCUT2D eigenvalue weighted by Gasteiger charge is 2.27. The average Bonchev–Trinajstić information content (AvgIpc) is 3.15. The molecule has 2 rings (SSSR count). The Morgan fingerprint density at radius 3 is 2.68 bits per heavy atom. The van der Waals surface area contributed by atoms with E-state index >= 15 is 0 Å². The molecule has 1 aliphatic heterocycles. The summed E-state index contributed by atoms with van der Waals surface area (Å²) in [5.41, 5.74) is 0.833. The SMILES string of the molecule is C=CCN(CC(=O)OC(=O)[C@@H]1CCCN1)C(=O)OCc1ccccc1. The highest BCUT2D eigenvalue weighted by Crippen LogP contribution is 2.08. The van der Waals surface area contributed by atoms with Crippen LogP contribution in [0.25, 0.3) is 0 Å². The first-order valence-electron chi connectivity index (χ1n) is 8.14. The fourth-order valence-corrected chi connectivity index (χ4v) is 2.43. The molecule has 0 aliphatic carbocycles. The first kappa shape index (κ1) is 18.7. The lowest BCUT2D eigenvalue weighted by molar-refractivity contribution is -0.161. The zero-order valence-corrected chi connectivity index (χ0v) is 14.0. The van der Waals surface area contributed by atoms with Gasteiger partial charge in [-0.1, -0.05) is 36.4 Å². The van der Waals surface area contributed by atoms with Crippen molar-refractivity contribution in [3.63, 3.8) is 0 Å². The Morgan fingerprint density at radius 1 is 1.28 bits per heavy atom.